The average molecular weight is 438 g/mol. The topological polar surface area (TPSA) is 105 Å². The fourth-order valence-corrected chi connectivity index (χ4v) is 6.08. The Morgan fingerprint density at radius 2 is 1.83 bits per heavy atom. The summed E-state index contributed by atoms with van der Waals surface area (Å²) in [7, 11) is -1.98. The molecule has 10 heteroatoms. The van der Waals surface area contributed by atoms with Gasteiger partial charge in [-0.2, -0.15) is 4.31 Å². The number of carbonyl (C=O) groups is 2. The molecule has 0 unspecified atom stereocenters. The molecule has 1 aromatic heterocycles. The first-order valence-electron chi connectivity index (χ1n) is 9.14. The van der Waals surface area contributed by atoms with Gasteiger partial charge in [0.15, 0.2) is 0 Å². The predicted molar refractivity (Wildman–Crippen MR) is 112 cm³/mol. The lowest BCUT2D eigenvalue weighted by atomic mass is 10.2. The second-order valence-electron chi connectivity index (χ2n) is 6.65. The Kier molecular flexibility index (Phi) is 6.56. The van der Waals surface area contributed by atoms with Crippen LogP contribution in [0.25, 0.3) is 0 Å². The zero-order valence-electron chi connectivity index (χ0n) is 16.2. The van der Waals surface area contributed by atoms with Crippen LogP contribution < -0.4 is 15.4 Å². The highest BCUT2D eigenvalue weighted by molar-refractivity contribution is 7.91. The van der Waals surface area contributed by atoms with Crippen molar-refractivity contribution in [1.82, 2.24) is 4.31 Å². The molecule has 0 bridgehead atoms. The largest absolute Gasteiger partial charge is 0.497 e. The smallest absolute Gasteiger partial charge is 0.252 e. The SMILES string of the molecule is COc1ccc(NC(C)=O)c(NC(=O)Cc2ccc(S(=O)(=O)N3CCCC3)s2)c1. The standard InChI is InChI=1S/C19H23N3O5S2/c1-13(23)20-16-7-5-14(27-2)11-17(16)21-18(24)12-15-6-8-19(28-15)29(25,26)22-9-3-4-10-22/h5-8,11H,3-4,9-10,12H2,1-2H3,(H,20,23)(H,21,24). The maximum atomic E-state index is 12.6. The monoisotopic (exact) mass is 437 g/mol. The zero-order chi connectivity index (χ0) is 21.0. The van der Waals surface area contributed by atoms with Gasteiger partial charge in [0.25, 0.3) is 10.0 Å². The van der Waals surface area contributed by atoms with E-state index in [4.69, 9.17) is 4.74 Å². The van der Waals surface area contributed by atoms with Gasteiger partial charge in [-0.05, 0) is 37.1 Å². The third-order valence-electron chi connectivity index (χ3n) is 4.44. The Hall–Kier alpha value is -2.43. The normalized spacial score (nSPS) is 14.6. The number of hydrogen-bond donors (Lipinski definition) is 2. The quantitative estimate of drug-likeness (QED) is 0.693. The fourth-order valence-electron chi connectivity index (χ4n) is 3.05. The third-order valence-corrected chi connectivity index (χ3v) is 7.89. The molecule has 0 spiro atoms. The molecule has 1 aliphatic heterocycles. The van der Waals surface area contributed by atoms with E-state index < -0.39 is 10.0 Å². The van der Waals surface area contributed by atoms with E-state index in [9.17, 15) is 18.0 Å². The van der Waals surface area contributed by atoms with Crippen molar-refractivity contribution < 1.29 is 22.7 Å². The molecule has 0 radical (unpaired) electrons. The van der Waals surface area contributed by atoms with Gasteiger partial charge in [-0.1, -0.05) is 0 Å². The van der Waals surface area contributed by atoms with Crippen molar-refractivity contribution in [2.24, 2.45) is 0 Å². The van der Waals surface area contributed by atoms with Gasteiger partial charge in [-0.15, -0.1) is 11.3 Å². The molecule has 29 heavy (non-hydrogen) atoms. The van der Waals surface area contributed by atoms with E-state index in [1.54, 1.807) is 30.3 Å². The number of hydrogen-bond acceptors (Lipinski definition) is 6. The van der Waals surface area contributed by atoms with Crippen LogP contribution >= 0.6 is 11.3 Å². The molecule has 3 rings (SSSR count). The second kappa shape index (κ2) is 8.93. The number of sulfonamides is 1. The van der Waals surface area contributed by atoms with E-state index in [1.807, 2.05) is 0 Å². The molecule has 8 nitrogen and oxygen atoms in total. The van der Waals surface area contributed by atoms with Crippen molar-refractivity contribution in [1.29, 1.82) is 0 Å². The van der Waals surface area contributed by atoms with E-state index in [-0.39, 0.29) is 22.4 Å². The van der Waals surface area contributed by atoms with Gasteiger partial charge in [0.1, 0.15) is 9.96 Å². The van der Waals surface area contributed by atoms with Crippen molar-refractivity contribution in [3.8, 4) is 5.75 Å². The Labute approximate surface area is 173 Å². The molecule has 0 aliphatic carbocycles. The summed E-state index contributed by atoms with van der Waals surface area (Å²) >= 11 is 1.10. The van der Waals surface area contributed by atoms with Crippen molar-refractivity contribution in [2.75, 3.05) is 30.8 Å². The molecule has 0 saturated carbocycles. The lowest BCUT2D eigenvalue weighted by Gasteiger charge is -2.13. The van der Waals surface area contributed by atoms with Gasteiger partial charge in [-0.25, -0.2) is 8.42 Å². The minimum atomic E-state index is -3.49. The molecule has 2 heterocycles. The summed E-state index contributed by atoms with van der Waals surface area (Å²) in [5.41, 5.74) is 0.862. The van der Waals surface area contributed by atoms with Crippen molar-refractivity contribution in [3.05, 3.63) is 35.2 Å². The first-order chi connectivity index (χ1) is 13.8. The summed E-state index contributed by atoms with van der Waals surface area (Å²) in [5, 5.41) is 5.41. The third kappa shape index (κ3) is 5.14. The summed E-state index contributed by atoms with van der Waals surface area (Å²) in [6.45, 7) is 2.46. The number of anilines is 2. The first kappa shape index (κ1) is 21.3. The van der Waals surface area contributed by atoms with Gasteiger partial charge in [0.2, 0.25) is 11.8 Å². The fraction of sp³-hybridized carbons (Fsp3) is 0.368. The number of amides is 2. The van der Waals surface area contributed by atoms with Gasteiger partial charge in [0.05, 0.1) is 24.9 Å². The summed E-state index contributed by atoms with van der Waals surface area (Å²) in [6, 6.07) is 8.14. The van der Waals surface area contributed by atoms with Crippen molar-refractivity contribution in [2.45, 2.75) is 30.4 Å². The molecule has 1 aromatic carbocycles. The summed E-state index contributed by atoms with van der Waals surface area (Å²) in [6.07, 6.45) is 1.77. The van der Waals surface area contributed by atoms with Crippen LogP contribution in [0.5, 0.6) is 5.75 Å². The molecular weight excluding hydrogens is 414 g/mol. The van der Waals surface area contributed by atoms with Crippen LogP contribution in [0, 0.1) is 0 Å². The number of benzene rings is 1. The summed E-state index contributed by atoms with van der Waals surface area (Å²) < 4.78 is 32.2. The van der Waals surface area contributed by atoms with Crippen LogP contribution in [0.1, 0.15) is 24.6 Å². The molecule has 2 amide bonds. The Morgan fingerprint density at radius 3 is 2.48 bits per heavy atom. The highest BCUT2D eigenvalue weighted by Crippen LogP contribution is 2.29. The number of carbonyl (C=O) groups excluding carboxylic acids is 2. The molecule has 156 valence electrons. The van der Waals surface area contributed by atoms with Crippen LogP contribution in [0.4, 0.5) is 11.4 Å². The van der Waals surface area contributed by atoms with Crippen LogP contribution in [0.2, 0.25) is 0 Å². The molecule has 1 aliphatic rings. The lowest BCUT2D eigenvalue weighted by Crippen LogP contribution is -2.27. The van der Waals surface area contributed by atoms with Crippen LogP contribution in [-0.4, -0.2) is 44.7 Å². The zero-order valence-corrected chi connectivity index (χ0v) is 17.9. The van der Waals surface area contributed by atoms with Crippen molar-refractivity contribution >= 4 is 44.5 Å². The minimum Gasteiger partial charge on any atom is -0.497 e. The number of nitrogens with zero attached hydrogens (tertiary/aromatic N) is 1. The number of nitrogens with one attached hydrogen (secondary N) is 2. The second-order valence-corrected chi connectivity index (χ2v) is 9.98. The van der Waals surface area contributed by atoms with E-state index in [0.29, 0.717) is 35.1 Å². The molecule has 1 saturated heterocycles. The highest BCUT2D eigenvalue weighted by atomic mass is 32.2. The maximum Gasteiger partial charge on any atom is 0.252 e. The van der Waals surface area contributed by atoms with Gasteiger partial charge in [0, 0.05) is 31.0 Å². The van der Waals surface area contributed by atoms with E-state index >= 15 is 0 Å². The van der Waals surface area contributed by atoms with Gasteiger partial charge < -0.3 is 15.4 Å². The number of methoxy groups -OCH3 is 1. The average Bonchev–Trinajstić information content (AvgIpc) is 3.35. The van der Waals surface area contributed by atoms with Crippen LogP contribution in [0.15, 0.2) is 34.5 Å². The van der Waals surface area contributed by atoms with E-state index in [2.05, 4.69) is 10.6 Å². The molecule has 2 aromatic rings. The summed E-state index contributed by atoms with van der Waals surface area (Å²) in [4.78, 5) is 24.5. The molecule has 1 fully saturated rings. The number of thiophene rings is 1. The summed E-state index contributed by atoms with van der Waals surface area (Å²) in [5.74, 6) is -0.0537. The Bertz CT molecular complexity index is 1010. The molecule has 0 atom stereocenters. The number of rotatable bonds is 7. The predicted octanol–water partition coefficient (Wildman–Crippen LogP) is 2.68. The van der Waals surface area contributed by atoms with E-state index in [1.165, 1.54) is 18.3 Å². The van der Waals surface area contributed by atoms with Gasteiger partial charge in [-0.3, -0.25) is 9.59 Å². The lowest BCUT2D eigenvalue weighted by molar-refractivity contribution is -0.116. The highest BCUT2D eigenvalue weighted by Gasteiger charge is 2.28. The Morgan fingerprint density at radius 1 is 1.10 bits per heavy atom. The van der Waals surface area contributed by atoms with E-state index in [0.717, 1.165) is 24.2 Å². The number of ether oxygens (including phenoxy) is 1. The van der Waals surface area contributed by atoms with Crippen LogP contribution in [-0.2, 0) is 26.0 Å². The maximum absolute atomic E-state index is 12.6. The Balaban J connectivity index is 1.72. The molecular formula is C19H23N3O5S2. The first-order valence-corrected chi connectivity index (χ1v) is 11.4. The van der Waals surface area contributed by atoms with Crippen molar-refractivity contribution in [3.63, 3.8) is 0 Å². The minimum absolute atomic E-state index is 0.0247. The molecule has 2 N–H and O–H groups in total. The van der Waals surface area contributed by atoms with Crippen LogP contribution in [0.3, 0.4) is 0 Å². The van der Waals surface area contributed by atoms with Gasteiger partial charge >= 0.3 is 0 Å².